The van der Waals surface area contributed by atoms with Gasteiger partial charge in [-0.1, -0.05) is 17.7 Å². The second-order valence-corrected chi connectivity index (χ2v) is 5.43. The molecule has 0 radical (unpaired) electrons. The lowest BCUT2D eigenvalue weighted by molar-refractivity contribution is 0.207. The van der Waals surface area contributed by atoms with Crippen molar-refractivity contribution in [1.82, 2.24) is 4.57 Å². The fourth-order valence-electron chi connectivity index (χ4n) is 2.78. The summed E-state index contributed by atoms with van der Waals surface area (Å²) in [5, 5.41) is 0. The molecule has 1 aliphatic rings. The van der Waals surface area contributed by atoms with Gasteiger partial charge >= 0.3 is 0 Å². The molecule has 0 aliphatic carbocycles. The molecule has 2 heterocycles. The lowest BCUT2D eigenvalue weighted by Crippen LogP contribution is -2.23. The summed E-state index contributed by atoms with van der Waals surface area (Å²) in [7, 11) is 0. The first-order valence-electron chi connectivity index (χ1n) is 6.80. The lowest BCUT2D eigenvalue weighted by atomic mass is 10.1. The number of fused-ring (bicyclic) bond motifs is 1. The van der Waals surface area contributed by atoms with Gasteiger partial charge in [0.2, 0.25) is 0 Å². The molecule has 0 amide bonds. The van der Waals surface area contributed by atoms with Crippen LogP contribution in [0.15, 0.2) is 36.5 Å². The number of benzene rings is 1. The molecule has 3 nitrogen and oxygen atoms in total. The first kappa shape index (κ1) is 12.3. The van der Waals surface area contributed by atoms with Crippen molar-refractivity contribution in [2.45, 2.75) is 39.0 Å². The molecule has 0 fully saturated rings. The minimum atomic E-state index is 0.0565. The Morgan fingerprint density at radius 2 is 2.26 bits per heavy atom. The van der Waals surface area contributed by atoms with Crippen LogP contribution in [0.4, 0.5) is 0 Å². The molecular weight excluding hydrogens is 236 g/mol. The van der Waals surface area contributed by atoms with Gasteiger partial charge in [0, 0.05) is 24.4 Å². The Labute approximate surface area is 114 Å². The fourth-order valence-corrected chi connectivity index (χ4v) is 2.78. The van der Waals surface area contributed by atoms with Crippen LogP contribution in [0.3, 0.4) is 0 Å². The van der Waals surface area contributed by atoms with E-state index in [0.29, 0.717) is 0 Å². The first-order valence-corrected chi connectivity index (χ1v) is 6.80. The van der Waals surface area contributed by atoms with Crippen LogP contribution < -0.4 is 10.5 Å². The maximum Gasteiger partial charge on any atom is 0.123 e. The average molecular weight is 256 g/mol. The van der Waals surface area contributed by atoms with E-state index in [1.807, 2.05) is 13.0 Å². The summed E-state index contributed by atoms with van der Waals surface area (Å²) in [5.41, 5.74) is 9.75. The smallest absolute Gasteiger partial charge is 0.123 e. The Bertz CT molecular complexity index is 586. The molecule has 2 aromatic rings. The van der Waals surface area contributed by atoms with Crippen molar-refractivity contribution in [3.8, 4) is 5.75 Å². The van der Waals surface area contributed by atoms with Crippen molar-refractivity contribution >= 4 is 0 Å². The SMILES string of the molecule is Cc1ccc2c(c1)CC(Cn1cccc1C(C)N)O2. The third-order valence-corrected chi connectivity index (χ3v) is 3.69. The van der Waals surface area contributed by atoms with Crippen LogP contribution in [-0.4, -0.2) is 10.7 Å². The Morgan fingerprint density at radius 1 is 1.42 bits per heavy atom. The van der Waals surface area contributed by atoms with Crippen molar-refractivity contribution in [3.63, 3.8) is 0 Å². The maximum absolute atomic E-state index is 6.01. The van der Waals surface area contributed by atoms with Gasteiger partial charge in [0.1, 0.15) is 11.9 Å². The largest absolute Gasteiger partial charge is 0.488 e. The maximum atomic E-state index is 6.01. The summed E-state index contributed by atoms with van der Waals surface area (Å²) in [6, 6.07) is 10.6. The zero-order chi connectivity index (χ0) is 13.4. The number of hydrogen-bond acceptors (Lipinski definition) is 2. The lowest BCUT2D eigenvalue weighted by Gasteiger charge is -2.16. The van der Waals surface area contributed by atoms with E-state index in [4.69, 9.17) is 10.5 Å². The highest BCUT2D eigenvalue weighted by Crippen LogP contribution is 2.30. The van der Waals surface area contributed by atoms with Crippen LogP contribution in [0.2, 0.25) is 0 Å². The summed E-state index contributed by atoms with van der Waals surface area (Å²) in [6.45, 7) is 4.99. The Hall–Kier alpha value is -1.74. The van der Waals surface area contributed by atoms with Gasteiger partial charge < -0.3 is 15.0 Å². The second kappa shape index (κ2) is 4.74. The third kappa shape index (κ3) is 2.38. The van der Waals surface area contributed by atoms with E-state index in [9.17, 15) is 0 Å². The van der Waals surface area contributed by atoms with Crippen LogP contribution in [-0.2, 0) is 13.0 Å². The van der Waals surface area contributed by atoms with Crippen LogP contribution in [0.5, 0.6) is 5.75 Å². The normalized spacial score (nSPS) is 19.0. The van der Waals surface area contributed by atoms with Crippen LogP contribution in [0.25, 0.3) is 0 Å². The number of hydrogen-bond donors (Lipinski definition) is 1. The highest BCUT2D eigenvalue weighted by Gasteiger charge is 2.23. The zero-order valence-corrected chi connectivity index (χ0v) is 11.5. The molecule has 3 heteroatoms. The van der Waals surface area contributed by atoms with Crippen molar-refractivity contribution < 1.29 is 4.74 Å². The molecule has 1 aromatic heterocycles. The number of rotatable bonds is 3. The molecule has 1 aromatic carbocycles. The van der Waals surface area contributed by atoms with Gasteiger partial charge in [0.25, 0.3) is 0 Å². The summed E-state index contributed by atoms with van der Waals surface area (Å²) in [5.74, 6) is 1.03. The highest BCUT2D eigenvalue weighted by molar-refractivity contribution is 5.40. The van der Waals surface area contributed by atoms with Crippen LogP contribution >= 0.6 is 0 Å². The van der Waals surface area contributed by atoms with Crippen LogP contribution in [0.1, 0.15) is 29.8 Å². The standard InChI is InChI=1S/C16H20N2O/c1-11-5-6-16-13(8-11)9-14(19-16)10-18-7-3-4-15(18)12(2)17/h3-8,12,14H,9-10,17H2,1-2H3. The summed E-state index contributed by atoms with van der Waals surface area (Å²) >= 11 is 0. The van der Waals surface area contributed by atoms with Crippen molar-refractivity contribution in [2.24, 2.45) is 5.73 Å². The van der Waals surface area contributed by atoms with E-state index < -0.39 is 0 Å². The number of aryl methyl sites for hydroxylation is 1. The quantitative estimate of drug-likeness (QED) is 0.917. The molecule has 0 saturated carbocycles. The first-order chi connectivity index (χ1) is 9.13. The van der Waals surface area contributed by atoms with Crippen molar-refractivity contribution in [1.29, 1.82) is 0 Å². The minimum absolute atomic E-state index is 0.0565. The van der Waals surface area contributed by atoms with E-state index >= 15 is 0 Å². The van der Waals surface area contributed by atoms with Gasteiger partial charge in [-0.25, -0.2) is 0 Å². The van der Waals surface area contributed by atoms with Crippen LogP contribution in [0, 0.1) is 6.92 Å². The van der Waals surface area contributed by atoms with E-state index in [2.05, 4.69) is 42.0 Å². The van der Waals surface area contributed by atoms with Gasteiger partial charge in [-0.3, -0.25) is 0 Å². The molecule has 2 unspecified atom stereocenters. The molecule has 0 bridgehead atoms. The molecule has 0 saturated heterocycles. The van der Waals surface area contributed by atoms with Gasteiger partial charge in [0.05, 0.1) is 6.54 Å². The Morgan fingerprint density at radius 3 is 3.05 bits per heavy atom. The molecule has 1 aliphatic heterocycles. The van der Waals surface area contributed by atoms with Gasteiger partial charge in [-0.2, -0.15) is 0 Å². The molecule has 2 atom stereocenters. The molecule has 19 heavy (non-hydrogen) atoms. The van der Waals surface area contributed by atoms with E-state index in [-0.39, 0.29) is 12.1 Å². The number of nitrogens with zero attached hydrogens (tertiary/aromatic N) is 1. The summed E-state index contributed by atoms with van der Waals surface area (Å²) in [4.78, 5) is 0. The molecule has 3 rings (SSSR count). The highest BCUT2D eigenvalue weighted by atomic mass is 16.5. The third-order valence-electron chi connectivity index (χ3n) is 3.69. The van der Waals surface area contributed by atoms with Crippen molar-refractivity contribution in [2.75, 3.05) is 0 Å². The molecule has 2 N–H and O–H groups in total. The minimum Gasteiger partial charge on any atom is -0.488 e. The van der Waals surface area contributed by atoms with E-state index in [0.717, 1.165) is 24.4 Å². The van der Waals surface area contributed by atoms with E-state index in [1.54, 1.807) is 0 Å². The number of nitrogens with two attached hydrogens (primary N) is 1. The second-order valence-electron chi connectivity index (χ2n) is 5.43. The topological polar surface area (TPSA) is 40.2 Å². The number of aromatic nitrogens is 1. The zero-order valence-electron chi connectivity index (χ0n) is 11.5. The number of ether oxygens (including phenoxy) is 1. The summed E-state index contributed by atoms with van der Waals surface area (Å²) < 4.78 is 8.21. The Kier molecular flexibility index (Phi) is 3.07. The van der Waals surface area contributed by atoms with Gasteiger partial charge in [0.15, 0.2) is 0 Å². The van der Waals surface area contributed by atoms with Gasteiger partial charge in [-0.15, -0.1) is 0 Å². The molecular formula is C16H20N2O. The average Bonchev–Trinajstić information content (AvgIpc) is 2.95. The van der Waals surface area contributed by atoms with Crippen molar-refractivity contribution in [3.05, 3.63) is 53.3 Å². The predicted molar refractivity (Wildman–Crippen MR) is 76.3 cm³/mol. The monoisotopic (exact) mass is 256 g/mol. The fraction of sp³-hybridized carbons (Fsp3) is 0.375. The molecule has 100 valence electrons. The predicted octanol–water partition coefficient (Wildman–Crippen LogP) is 2.82. The molecule has 0 spiro atoms. The summed E-state index contributed by atoms with van der Waals surface area (Å²) in [6.07, 6.45) is 3.27. The van der Waals surface area contributed by atoms with Gasteiger partial charge in [-0.05, 0) is 37.6 Å². The van der Waals surface area contributed by atoms with E-state index in [1.165, 1.54) is 11.1 Å². The Balaban J connectivity index is 1.75.